The second-order valence-corrected chi connectivity index (χ2v) is 11.1. The molecule has 1 amide bonds. The largest absolute Gasteiger partial charge is 0.379 e. The van der Waals surface area contributed by atoms with Gasteiger partial charge in [-0.2, -0.15) is 0 Å². The van der Waals surface area contributed by atoms with Crippen LogP contribution in [0.15, 0.2) is 41.3 Å². The fourth-order valence-corrected chi connectivity index (χ4v) is 5.36. The van der Waals surface area contributed by atoms with E-state index in [2.05, 4.69) is 17.9 Å². The van der Waals surface area contributed by atoms with Crippen molar-refractivity contribution in [2.24, 2.45) is 0 Å². The number of hydrogen-bond donors (Lipinski definition) is 0. The van der Waals surface area contributed by atoms with Crippen molar-refractivity contribution in [3.63, 3.8) is 0 Å². The number of fused-ring (bicyclic) bond motifs is 1. The number of morpholine rings is 1. The minimum atomic E-state index is -3.32. The summed E-state index contributed by atoms with van der Waals surface area (Å²) in [5.74, 6) is -0.188. The van der Waals surface area contributed by atoms with Crippen molar-refractivity contribution in [2.45, 2.75) is 18.7 Å². The van der Waals surface area contributed by atoms with Gasteiger partial charge < -0.3 is 4.74 Å². The molecule has 1 aliphatic rings. The fourth-order valence-electron chi connectivity index (χ4n) is 3.68. The van der Waals surface area contributed by atoms with Crippen LogP contribution in [0.5, 0.6) is 0 Å². The van der Waals surface area contributed by atoms with Gasteiger partial charge in [0.25, 0.3) is 5.91 Å². The quantitative estimate of drug-likeness (QED) is 0.547. The summed E-state index contributed by atoms with van der Waals surface area (Å²) in [6.45, 7) is 8.37. The summed E-state index contributed by atoms with van der Waals surface area (Å²) in [7, 11) is -3.32. The van der Waals surface area contributed by atoms with Gasteiger partial charge in [-0.1, -0.05) is 17.4 Å². The molecule has 1 aromatic heterocycles. The van der Waals surface area contributed by atoms with E-state index in [-0.39, 0.29) is 10.8 Å². The molecule has 1 fully saturated rings. The van der Waals surface area contributed by atoms with Gasteiger partial charge in [0.2, 0.25) is 0 Å². The Kier molecular flexibility index (Phi) is 6.62. The third-order valence-corrected chi connectivity index (χ3v) is 7.99. The fraction of sp³-hybridized carbons (Fsp3) is 0.391. The molecular weight excluding hydrogens is 446 g/mol. The predicted molar refractivity (Wildman–Crippen MR) is 128 cm³/mol. The molecule has 0 N–H and O–H groups in total. The predicted octanol–water partition coefficient (Wildman–Crippen LogP) is 3.30. The van der Waals surface area contributed by atoms with Gasteiger partial charge in [0.05, 0.1) is 28.3 Å². The van der Waals surface area contributed by atoms with Gasteiger partial charge in [-0.25, -0.2) is 13.4 Å². The third kappa shape index (κ3) is 4.85. The van der Waals surface area contributed by atoms with Crippen molar-refractivity contribution in [3.8, 4) is 0 Å². The van der Waals surface area contributed by atoms with Crippen LogP contribution in [-0.4, -0.2) is 69.9 Å². The zero-order chi connectivity index (χ0) is 22.9. The molecule has 0 saturated carbocycles. The maximum atomic E-state index is 13.5. The lowest BCUT2D eigenvalue weighted by atomic mass is 10.1. The van der Waals surface area contributed by atoms with E-state index in [1.54, 1.807) is 17.0 Å². The highest BCUT2D eigenvalue weighted by molar-refractivity contribution is 7.90. The van der Waals surface area contributed by atoms with Crippen molar-refractivity contribution >= 4 is 42.4 Å². The summed E-state index contributed by atoms with van der Waals surface area (Å²) in [5.41, 5.74) is 3.63. The number of anilines is 1. The maximum absolute atomic E-state index is 13.5. The van der Waals surface area contributed by atoms with Crippen molar-refractivity contribution < 1.29 is 17.9 Å². The molecule has 0 spiro atoms. The molecule has 0 aliphatic carbocycles. The number of sulfone groups is 1. The Morgan fingerprint density at radius 3 is 2.47 bits per heavy atom. The van der Waals surface area contributed by atoms with Gasteiger partial charge in [0, 0.05) is 38.0 Å². The normalized spacial score (nSPS) is 15.2. The van der Waals surface area contributed by atoms with Gasteiger partial charge >= 0.3 is 0 Å². The minimum absolute atomic E-state index is 0.188. The summed E-state index contributed by atoms with van der Waals surface area (Å²) in [6.07, 6.45) is 1.16. The average molecular weight is 474 g/mol. The molecule has 1 aliphatic heterocycles. The number of aromatic nitrogens is 1. The highest BCUT2D eigenvalue weighted by atomic mass is 32.2. The third-order valence-electron chi connectivity index (χ3n) is 5.82. The van der Waals surface area contributed by atoms with Crippen LogP contribution in [-0.2, 0) is 14.6 Å². The van der Waals surface area contributed by atoms with Crippen molar-refractivity contribution in [3.05, 3.63) is 53.1 Å². The molecular formula is C23H27N3O4S2. The summed E-state index contributed by atoms with van der Waals surface area (Å²) in [6, 6.07) is 10.2. The molecule has 9 heteroatoms. The molecule has 0 bridgehead atoms. The highest BCUT2D eigenvalue weighted by Crippen LogP contribution is 2.32. The second kappa shape index (κ2) is 9.27. The van der Waals surface area contributed by atoms with Crippen molar-refractivity contribution in [1.29, 1.82) is 0 Å². The average Bonchev–Trinajstić information content (AvgIpc) is 3.21. The van der Waals surface area contributed by atoms with Gasteiger partial charge in [-0.15, -0.1) is 0 Å². The molecule has 1 saturated heterocycles. The zero-order valence-electron chi connectivity index (χ0n) is 18.5. The SMILES string of the molecule is Cc1ccc2sc(N(CCN3CCOCC3)C(=O)c3ccc(S(C)(=O)=O)cc3)nc2c1C. The first-order valence-corrected chi connectivity index (χ1v) is 13.2. The first-order valence-electron chi connectivity index (χ1n) is 10.5. The number of rotatable bonds is 6. The molecule has 2 heterocycles. The van der Waals surface area contributed by atoms with E-state index in [4.69, 9.17) is 9.72 Å². The molecule has 7 nitrogen and oxygen atoms in total. The Morgan fingerprint density at radius 1 is 1.12 bits per heavy atom. The molecule has 0 unspecified atom stereocenters. The van der Waals surface area contributed by atoms with Crippen LogP contribution in [0.3, 0.4) is 0 Å². The lowest BCUT2D eigenvalue weighted by Gasteiger charge is -2.29. The standard InChI is InChI=1S/C23H27N3O4S2/c1-16-4-9-20-21(17(16)2)24-23(31-20)26(11-10-25-12-14-30-15-13-25)22(27)18-5-7-19(8-6-18)32(3,28)29/h4-9H,10-15H2,1-3H3. The van der Waals surface area contributed by atoms with Gasteiger partial charge in [0.1, 0.15) is 0 Å². The molecule has 32 heavy (non-hydrogen) atoms. The van der Waals surface area contributed by atoms with Gasteiger partial charge in [0.15, 0.2) is 15.0 Å². The van der Waals surface area contributed by atoms with E-state index in [1.165, 1.54) is 23.5 Å². The molecule has 2 aromatic carbocycles. The Balaban J connectivity index is 1.66. The Bertz CT molecular complexity index is 1230. The lowest BCUT2D eigenvalue weighted by Crippen LogP contribution is -2.43. The number of aryl methyl sites for hydroxylation is 2. The lowest BCUT2D eigenvalue weighted by molar-refractivity contribution is 0.0391. The number of ether oxygens (including phenoxy) is 1. The Hall–Kier alpha value is -2.33. The van der Waals surface area contributed by atoms with E-state index in [1.807, 2.05) is 13.0 Å². The number of benzene rings is 2. The van der Waals surface area contributed by atoms with Crippen LogP contribution in [0, 0.1) is 13.8 Å². The number of amides is 1. The first-order chi connectivity index (χ1) is 15.2. The van der Waals surface area contributed by atoms with Crippen molar-refractivity contribution in [2.75, 3.05) is 50.5 Å². The van der Waals surface area contributed by atoms with Crippen LogP contribution in [0.25, 0.3) is 10.2 Å². The summed E-state index contributed by atoms with van der Waals surface area (Å²) in [4.78, 5) is 22.5. The number of carbonyl (C=O) groups is 1. The van der Waals surface area contributed by atoms with E-state index in [9.17, 15) is 13.2 Å². The van der Waals surface area contributed by atoms with Gasteiger partial charge in [-0.05, 0) is 55.3 Å². The second-order valence-electron chi connectivity index (χ2n) is 8.06. The Morgan fingerprint density at radius 2 is 1.81 bits per heavy atom. The number of nitrogens with zero attached hydrogens (tertiary/aromatic N) is 3. The number of hydrogen-bond acceptors (Lipinski definition) is 7. The molecule has 3 aromatic rings. The summed E-state index contributed by atoms with van der Waals surface area (Å²) in [5, 5.41) is 0.652. The van der Waals surface area contributed by atoms with E-state index >= 15 is 0 Å². The summed E-state index contributed by atoms with van der Waals surface area (Å²) >= 11 is 1.50. The number of thiazole rings is 1. The van der Waals surface area contributed by atoms with E-state index in [0.717, 1.165) is 40.7 Å². The smallest absolute Gasteiger partial charge is 0.260 e. The van der Waals surface area contributed by atoms with Gasteiger partial charge in [-0.3, -0.25) is 14.6 Å². The Labute approximate surface area is 192 Å². The maximum Gasteiger partial charge on any atom is 0.260 e. The highest BCUT2D eigenvalue weighted by Gasteiger charge is 2.24. The molecule has 0 atom stereocenters. The monoisotopic (exact) mass is 473 g/mol. The molecule has 170 valence electrons. The van der Waals surface area contributed by atoms with E-state index < -0.39 is 9.84 Å². The van der Waals surface area contributed by atoms with Crippen LogP contribution in [0.2, 0.25) is 0 Å². The van der Waals surface area contributed by atoms with Crippen molar-refractivity contribution in [1.82, 2.24) is 9.88 Å². The van der Waals surface area contributed by atoms with Crippen LogP contribution >= 0.6 is 11.3 Å². The zero-order valence-corrected chi connectivity index (χ0v) is 20.1. The molecule has 4 rings (SSSR count). The van der Waals surface area contributed by atoms with Crippen LogP contribution < -0.4 is 4.90 Å². The van der Waals surface area contributed by atoms with Crippen LogP contribution in [0.1, 0.15) is 21.5 Å². The molecule has 0 radical (unpaired) electrons. The van der Waals surface area contributed by atoms with E-state index in [0.29, 0.717) is 37.0 Å². The topological polar surface area (TPSA) is 79.8 Å². The minimum Gasteiger partial charge on any atom is -0.379 e. The number of carbonyl (C=O) groups excluding carboxylic acids is 1. The summed E-state index contributed by atoms with van der Waals surface area (Å²) < 4.78 is 30.0. The van der Waals surface area contributed by atoms with Crippen LogP contribution in [0.4, 0.5) is 5.13 Å². The first kappa shape index (κ1) is 22.8.